The van der Waals surface area contributed by atoms with Crippen LogP contribution in [0.25, 0.3) is 10.9 Å². The van der Waals surface area contributed by atoms with E-state index in [1.165, 1.54) is 6.07 Å². The fraction of sp³-hybridized carbons (Fsp3) is 0.211. The molecule has 128 valence electrons. The zero-order valence-corrected chi connectivity index (χ0v) is 14.3. The molecule has 0 aliphatic rings. The number of carbonyl (C=O) groups excluding carboxylic acids is 1. The number of amides is 1. The molecule has 0 bridgehead atoms. The van der Waals surface area contributed by atoms with Gasteiger partial charge in [0.15, 0.2) is 0 Å². The van der Waals surface area contributed by atoms with Gasteiger partial charge in [0.25, 0.3) is 11.5 Å². The third-order valence-corrected chi connectivity index (χ3v) is 4.33. The lowest BCUT2D eigenvalue weighted by molar-refractivity contribution is 0.102. The molecule has 1 heterocycles. The number of aromatic nitrogens is 2. The van der Waals surface area contributed by atoms with E-state index in [-0.39, 0.29) is 11.5 Å². The Labute approximate surface area is 144 Å². The molecular formula is C19H19N3O3. The van der Waals surface area contributed by atoms with Crippen molar-refractivity contribution in [3.8, 4) is 0 Å². The fourth-order valence-electron chi connectivity index (χ4n) is 2.71. The van der Waals surface area contributed by atoms with Gasteiger partial charge in [-0.15, -0.1) is 0 Å². The number of hydrogen-bond donors (Lipinski definition) is 2. The van der Waals surface area contributed by atoms with Crippen LogP contribution in [0.3, 0.4) is 0 Å². The SMILES string of the molecule is CCn1c(=O)[nH]c2cc(C(=O)Nc3ccc(C)c(C)c3)ccc2c1=O. The molecular weight excluding hydrogens is 318 g/mol. The van der Waals surface area contributed by atoms with Gasteiger partial charge in [0.05, 0.1) is 10.9 Å². The first-order chi connectivity index (χ1) is 11.9. The summed E-state index contributed by atoms with van der Waals surface area (Å²) in [6.07, 6.45) is 0. The second-order valence-electron chi connectivity index (χ2n) is 5.99. The van der Waals surface area contributed by atoms with Gasteiger partial charge >= 0.3 is 5.69 Å². The molecule has 0 fully saturated rings. The average molecular weight is 337 g/mol. The first-order valence-corrected chi connectivity index (χ1v) is 8.06. The zero-order chi connectivity index (χ0) is 18.1. The Kier molecular flexibility index (Phi) is 4.27. The number of nitrogens with zero attached hydrogens (tertiary/aromatic N) is 1. The van der Waals surface area contributed by atoms with Crippen LogP contribution < -0.4 is 16.6 Å². The maximum absolute atomic E-state index is 12.5. The largest absolute Gasteiger partial charge is 0.328 e. The van der Waals surface area contributed by atoms with Gasteiger partial charge in [0.1, 0.15) is 0 Å². The van der Waals surface area contributed by atoms with E-state index in [0.29, 0.717) is 28.7 Å². The molecule has 0 aliphatic carbocycles. The highest BCUT2D eigenvalue weighted by molar-refractivity contribution is 6.06. The van der Waals surface area contributed by atoms with Crippen LogP contribution in [-0.4, -0.2) is 15.5 Å². The minimum Gasteiger partial charge on any atom is -0.322 e. The van der Waals surface area contributed by atoms with E-state index in [4.69, 9.17) is 0 Å². The minimum atomic E-state index is -0.480. The van der Waals surface area contributed by atoms with E-state index >= 15 is 0 Å². The molecule has 3 aromatic rings. The summed E-state index contributed by atoms with van der Waals surface area (Å²) in [6, 6.07) is 10.3. The first-order valence-electron chi connectivity index (χ1n) is 8.06. The second kappa shape index (κ2) is 6.39. The summed E-state index contributed by atoms with van der Waals surface area (Å²) >= 11 is 0. The third kappa shape index (κ3) is 3.10. The van der Waals surface area contributed by atoms with Gasteiger partial charge in [-0.3, -0.25) is 14.2 Å². The van der Waals surface area contributed by atoms with Crippen molar-refractivity contribution in [1.29, 1.82) is 0 Å². The number of carbonyl (C=O) groups is 1. The van der Waals surface area contributed by atoms with Gasteiger partial charge in [-0.05, 0) is 62.2 Å². The Morgan fingerprint density at radius 2 is 1.84 bits per heavy atom. The average Bonchev–Trinajstić information content (AvgIpc) is 2.58. The summed E-state index contributed by atoms with van der Waals surface area (Å²) in [5.41, 5.74) is 2.81. The zero-order valence-electron chi connectivity index (χ0n) is 14.3. The molecule has 0 spiro atoms. The van der Waals surface area contributed by atoms with E-state index in [1.54, 1.807) is 19.1 Å². The fourth-order valence-corrected chi connectivity index (χ4v) is 2.71. The molecule has 0 aliphatic heterocycles. The van der Waals surface area contributed by atoms with Gasteiger partial charge in [-0.1, -0.05) is 6.07 Å². The summed E-state index contributed by atoms with van der Waals surface area (Å²) in [7, 11) is 0. The molecule has 25 heavy (non-hydrogen) atoms. The monoisotopic (exact) mass is 337 g/mol. The second-order valence-corrected chi connectivity index (χ2v) is 5.99. The smallest absolute Gasteiger partial charge is 0.322 e. The standard InChI is InChI=1S/C19H19N3O3/c1-4-22-18(24)15-8-6-13(10-16(15)21-19(22)25)17(23)20-14-7-5-11(2)12(3)9-14/h5-10H,4H2,1-3H3,(H,20,23)(H,21,25). The topological polar surface area (TPSA) is 84.0 Å². The maximum Gasteiger partial charge on any atom is 0.328 e. The van der Waals surface area contributed by atoms with E-state index in [1.807, 2.05) is 32.0 Å². The van der Waals surface area contributed by atoms with Crippen molar-refractivity contribution >= 4 is 22.5 Å². The van der Waals surface area contributed by atoms with Crippen molar-refractivity contribution in [2.45, 2.75) is 27.3 Å². The van der Waals surface area contributed by atoms with Crippen molar-refractivity contribution in [1.82, 2.24) is 9.55 Å². The number of aryl methyl sites for hydroxylation is 2. The first kappa shape index (κ1) is 16.7. The Bertz CT molecular complexity index is 1090. The number of H-pyrrole nitrogens is 1. The Hall–Kier alpha value is -3.15. The lowest BCUT2D eigenvalue weighted by Crippen LogP contribution is -2.34. The van der Waals surface area contributed by atoms with Crippen molar-refractivity contribution in [3.63, 3.8) is 0 Å². The minimum absolute atomic E-state index is 0.291. The highest BCUT2D eigenvalue weighted by Gasteiger charge is 2.11. The van der Waals surface area contributed by atoms with Crippen LogP contribution in [0.5, 0.6) is 0 Å². The van der Waals surface area contributed by atoms with Gasteiger partial charge in [0.2, 0.25) is 0 Å². The lowest BCUT2D eigenvalue weighted by atomic mass is 10.1. The summed E-state index contributed by atoms with van der Waals surface area (Å²) in [4.78, 5) is 39.3. The van der Waals surface area contributed by atoms with Crippen LogP contribution >= 0.6 is 0 Å². The normalized spacial score (nSPS) is 10.8. The van der Waals surface area contributed by atoms with Crippen LogP contribution in [0, 0.1) is 13.8 Å². The Morgan fingerprint density at radius 1 is 1.08 bits per heavy atom. The molecule has 0 saturated heterocycles. The predicted octanol–water partition coefficient (Wildman–Crippen LogP) is 2.58. The molecule has 0 saturated carbocycles. The summed E-state index contributed by atoms with van der Waals surface area (Å²) < 4.78 is 1.12. The predicted molar refractivity (Wildman–Crippen MR) is 98.4 cm³/mol. The van der Waals surface area contributed by atoms with Crippen LogP contribution in [0.15, 0.2) is 46.0 Å². The van der Waals surface area contributed by atoms with Gasteiger partial charge < -0.3 is 10.3 Å². The molecule has 6 heteroatoms. The molecule has 1 amide bonds. The van der Waals surface area contributed by atoms with E-state index in [0.717, 1.165) is 15.7 Å². The number of nitrogens with one attached hydrogen (secondary N) is 2. The number of benzene rings is 2. The summed E-state index contributed by atoms with van der Waals surface area (Å²) in [5.74, 6) is -0.300. The molecule has 3 rings (SSSR count). The third-order valence-electron chi connectivity index (χ3n) is 4.33. The number of hydrogen-bond acceptors (Lipinski definition) is 3. The molecule has 6 nitrogen and oxygen atoms in total. The maximum atomic E-state index is 12.5. The number of fused-ring (bicyclic) bond motifs is 1. The van der Waals surface area contributed by atoms with Crippen molar-refractivity contribution in [3.05, 3.63) is 73.9 Å². The molecule has 2 N–H and O–H groups in total. The number of anilines is 1. The Balaban J connectivity index is 1.98. The molecule has 0 unspecified atom stereocenters. The number of rotatable bonds is 3. The van der Waals surface area contributed by atoms with Gasteiger partial charge in [-0.25, -0.2) is 4.79 Å². The Morgan fingerprint density at radius 3 is 2.52 bits per heavy atom. The van der Waals surface area contributed by atoms with E-state index < -0.39 is 5.69 Å². The molecule has 1 aromatic heterocycles. The summed E-state index contributed by atoms with van der Waals surface area (Å²) in [5, 5.41) is 3.21. The summed E-state index contributed by atoms with van der Waals surface area (Å²) in [6.45, 7) is 6.00. The number of aromatic amines is 1. The van der Waals surface area contributed by atoms with E-state index in [2.05, 4.69) is 10.3 Å². The van der Waals surface area contributed by atoms with Crippen LogP contribution in [0.2, 0.25) is 0 Å². The quantitative estimate of drug-likeness (QED) is 0.770. The van der Waals surface area contributed by atoms with Crippen molar-refractivity contribution in [2.75, 3.05) is 5.32 Å². The van der Waals surface area contributed by atoms with Gasteiger partial charge in [0, 0.05) is 17.8 Å². The van der Waals surface area contributed by atoms with Gasteiger partial charge in [-0.2, -0.15) is 0 Å². The lowest BCUT2D eigenvalue weighted by Gasteiger charge is -2.09. The van der Waals surface area contributed by atoms with Crippen LogP contribution in [0.1, 0.15) is 28.4 Å². The van der Waals surface area contributed by atoms with Crippen molar-refractivity contribution in [2.24, 2.45) is 0 Å². The highest BCUT2D eigenvalue weighted by Crippen LogP contribution is 2.16. The van der Waals surface area contributed by atoms with Crippen LogP contribution in [0.4, 0.5) is 5.69 Å². The molecule has 0 radical (unpaired) electrons. The van der Waals surface area contributed by atoms with Crippen LogP contribution in [-0.2, 0) is 6.54 Å². The molecule has 0 atom stereocenters. The molecule has 2 aromatic carbocycles. The van der Waals surface area contributed by atoms with Crippen molar-refractivity contribution < 1.29 is 4.79 Å². The highest BCUT2D eigenvalue weighted by atomic mass is 16.2. The van der Waals surface area contributed by atoms with E-state index in [9.17, 15) is 14.4 Å².